The van der Waals surface area contributed by atoms with Gasteiger partial charge in [0.1, 0.15) is 28.5 Å². The molecule has 2 aromatic rings. The van der Waals surface area contributed by atoms with Crippen LogP contribution >= 0.6 is 0 Å². The maximum Gasteiger partial charge on any atom is 0.273 e. The van der Waals surface area contributed by atoms with Crippen LogP contribution in [-0.2, 0) is 21.3 Å². The number of carbonyl (C=O) groups is 1. The van der Waals surface area contributed by atoms with Crippen molar-refractivity contribution in [3.05, 3.63) is 41.6 Å². The monoisotopic (exact) mass is 378 g/mol. The number of nitrogens with zero attached hydrogens (tertiary/aromatic N) is 2. The van der Waals surface area contributed by atoms with Crippen LogP contribution in [0.2, 0.25) is 0 Å². The van der Waals surface area contributed by atoms with Crippen LogP contribution in [0.4, 0.5) is 0 Å². The zero-order valence-corrected chi connectivity index (χ0v) is 15.0. The molecule has 0 radical (unpaired) electrons. The number of hydrogen-bond acceptors (Lipinski definition) is 7. The molecule has 1 fully saturated rings. The summed E-state index contributed by atoms with van der Waals surface area (Å²) in [5.41, 5.74) is 0.0474. The van der Waals surface area contributed by atoms with E-state index in [4.69, 9.17) is 13.9 Å². The fraction of sp³-hybridized carbons (Fsp3) is 0.412. The molecule has 138 valence electrons. The summed E-state index contributed by atoms with van der Waals surface area (Å²) in [5.74, 6) is 0.683. The van der Waals surface area contributed by atoms with E-state index in [1.54, 1.807) is 18.3 Å². The van der Waals surface area contributed by atoms with E-state index in [0.29, 0.717) is 19.0 Å². The molecule has 2 aliphatic rings. The molecule has 0 atom stereocenters. The van der Waals surface area contributed by atoms with Crippen LogP contribution in [-0.4, -0.2) is 43.9 Å². The van der Waals surface area contributed by atoms with E-state index >= 15 is 0 Å². The molecule has 0 spiro atoms. The Hall–Kier alpha value is -2.39. The topological polar surface area (TPSA) is 98.9 Å². The fourth-order valence-corrected chi connectivity index (χ4v) is 4.83. The summed E-state index contributed by atoms with van der Waals surface area (Å²) < 4.78 is 42.5. The highest BCUT2D eigenvalue weighted by molar-refractivity contribution is 7.90. The first kappa shape index (κ1) is 17.0. The largest absolute Gasteiger partial charge is 0.496 e. The highest BCUT2D eigenvalue weighted by Gasteiger charge is 2.44. The molecule has 0 N–H and O–H groups in total. The summed E-state index contributed by atoms with van der Waals surface area (Å²) in [6.45, 7) is 1.08. The number of oxazole rings is 1. The van der Waals surface area contributed by atoms with Crippen LogP contribution in [0.25, 0.3) is 0 Å². The number of benzene rings is 1. The van der Waals surface area contributed by atoms with Crippen LogP contribution in [0.5, 0.6) is 5.75 Å². The Morgan fingerprint density at radius 1 is 1.31 bits per heavy atom. The van der Waals surface area contributed by atoms with E-state index in [0.717, 1.165) is 17.1 Å². The van der Waals surface area contributed by atoms with E-state index in [-0.39, 0.29) is 34.6 Å². The summed E-state index contributed by atoms with van der Waals surface area (Å²) in [7, 11) is -2.56. The van der Waals surface area contributed by atoms with Gasteiger partial charge in [-0.2, -0.15) is 0 Å². The van der Waals surface area contributed by atoms with E-state index in [1.807, 2.05) is 0 Å². The number of carbonyl (C=O) groups excluding carboxylic acids is 1. The van der Waals surface area contributed by atoms with E-state index < -0.39 is 15.9 Å². The number of methoxy groups -OCH3 is 1. The average molecular weight is 378 g/mol. The zero-order chi connectivity index (χ0) is 18.3. The van der Waals surface area contributed by atoms with Crippen LogP contribution in [0.15, 0.2) is 33.7 Å². The van der Waals surface area contributed by atoms with Gasteiger partial charge in [-0.1, -0.05) is 6.07 Å². The molecule has 2 aliphatic heterocycles. The smallest absolute Gasteiger partial charge is 0.273 e. The van der Waals surface area contributed by atoms with Crippen molar-refractivity contribution >= 4 is 15.9 Å². The third-order valence-electron chi connectivity index (χ3n) is 4.69. The summed E-state index contributed by atoms with van der Waals surface area (Å²) >= 11 is 0. The number of ether oxygens (including phenoxy) is 2. The normalized spacial score (nSPS) is 19.6. The Balaban J connectivity index is 1.61. The van der Waals surface area contributed by atoms with Gasteiger partial charge >= 0.3 is 0 Å². The van der Waals surface area contributed by atoms with Crippen LogP contribution in [0.3, 0.4) is 0 Å². The van der Waals surface area contributed by atoms with Crippen molar-refractivity contribution in [1.82, 2.24) is 9.29 Å². The van der Waals surface area contributed by atoms with Gasteiger partial charge in [-0.15, -0.1) is 0 Å². The average Bonchev–Trinajstić information content (AvgIpc) is 3.20. The second kappa shape index (κ2) is 6.40. The molecule has 1 aromatic carbocycles. The van der Waals surface area contributed by atoms with Crippen molar-refractivity contribution in [3.63, 3.8) is 0 Å². The van der Waals surface area contributed by atoms with Crippen molar-refractivity contribution in [3.8, 4) is 5.75 Å². The molecule has 4 rings (SSSR count). The highest BCUT2D eigenvalue weighted by Crippen LogP contribution is 2.37. The van der Waals surface area contributed by atoms with Gasteiger partial charge in [0.15, 0.2) is 0 Å². The Morgan fingerprint density at radius 2 is 2.08 bits per heavy atom. The summed E-state index contributed by atoms with van der Waals surface area (Å²) in [5, 5.41) is 0. The quantitative estimate of drug-likeness (QED) is 0.801. The maximum atomic E-state index is 12.7. The molecule has 1 saturated heterocycles. The summed E-state index contributed by atoms with van der Waals surface area (Å²) in [6, 6.07) is 4.50. The molecule has 1 amide bonds. The van der Waals surface area contributed by atoms with Crippen molar-refractivity contribution in [2.75, 3.05) is 20.3 Å². The molecule has 3 heterocycles. The number of hydrogen-bond donors (Lipinski definition) is 0. The van der Waals surface area contributed by atoms with Crippen LogP contribution in [0, 0.1) is 0 Å². The van der Waals surface area contributed by atoms with Gasteiger partial charge in [-0.05, 0) is 25.0 Å². The summed E-state index contributed by atoms with van der Waals surface area (Å²) in [4.78, 5) is 16.8. The molecule has 1 aromatic heterocycles. The SMILES string of the molecule is COc1cccc2c1C(=O)N(Cc1ncc(C3CCOCC3)o1)S2(=O)=O. The Morgan fingerprint density at radius 3 is 2.81 bits per heavy atom. The van der Waals surface area contributed by atoms with E-state index in [1.165, 1.54) is 13.2 Å². The van der Waals surface area contributed by atoms with Crippen molar-refractivity contribution in [2.24, 2.45) is 0 Å². The molecule has 0 bridgehead atoms. The first-order valence-electron chi connectivity index (χ1n) is 8.29. The third-order valence-corrected chi connectivity index (χ3v) is 6.46. The van der Waals surface area contributed by atoms with Crippen LogP contribution < -0.4 is 4.74 Å². The molecule has 9 heteroatoms. The van der Waals surface area contributed by atoms with Gasteiger partial charge in [-0.3, -0.25) is 4.79 Å². The fourth-order valence-electron chi connectivity index (χ4n) is 3.31. The first-order valence-corrected chi connectivity index (χ1v) is 9.73. The lowest BCUT2D eigenvalue weighted by molar-refractivity contribution is 0.0797. The van der Waals surface area contributed by atoms with Crippen LogP contribution in [0.1, 0.15) is 40.8 Å². The van der Waals surface area contributed by atoms with Gasteiger partial charge in [-0.25, -0.2) is 17.7 Å². The van der Waals surface area contributed by atoms with E-state index in [9.17, 15) is 13.2 Å². The molecule has 0 saturated carbocycles. The predicted octanol–water partition coefficient (Wildman–Crippen LogP) is 1.92. The molecule has 0 aliphatic carbocycles. The lowest BCUT2D eigenvalue weighted by Crippen LogP contribution is -2.29. The van der Waals surface area contributed by atoms with Gasteiger partial charge in [0.2, 0.25) is 5.89 Å². The van der Waals surface area contributed by atoms with Gasteiger partial charge in [0.25, 0.3) is 15.9 Å². The number of amides is 1. The molecular weight excluding hydrogens is 360 g/mol. The number of sulfonamides is 1. The third kappa shape index (κ3) is 2.67. The minimum absolute atomic E-state index is 0.0474. The van der Waals surface area contributed by atoms with Gasteiger partial charge < -0.3 is 13.9 Å². The second-order valence-electron chi connectivity index (χ2n) is 6.19. The lowest BCUT2D eigenvalue weighted by Gasteiger charge is -2.19. The van der Waals surface area contributed by atoms with E-state index in [2.05, 4.69) is 4.98 Å². The number of aromatic nitrogens is 1. The molecule has 0 unspecified atom stereocenters. The van der Waals surface area contributed by atoms with Crippen molar-refractivity contribution in [2.45, 2.75) is 30.2 Å². The van der Waals surface area contributed by atoms with Crippen molar-refractivity contribution in [1.29, 1.82) is 0 Å². The molecule has 26 heavy (non-hydrogen) atoms. The zero-order valence-electron chi connectivity index (χ0n) is 14.2. The predicted molar refractivity (Wildman–Crippen MR) is 89.4 cm³/mol. The standard InChI is InChI=1S/C17H18N2O6S/c1-23-12-3-2-4-14-16(12)17(20)19(26(14,21)22)10-15-18-9-13(25-15)11-5-7-24-8-6-11/h2-4,9,11H,5-8,10H2,1H3. The minimum atomic E-state index is -3.96. The lowest BCUT2D eigenvalue weighted by atomic mass is 9.98. The summed E-state index contributed by atoms with van der Waals surface area (Å²) in [6.07, 6.45) is 3.27. The van der Waals surface area contributed by atoms with Gasteiger partial charge in [0, 0.05) is 19.1 Å². The maximum absolute atomic E-state index is 12.7. The number of fused-ring (bicyclic) bond motifs is 1. The molecular formula is C17H18N2O6S. The second-order valence-corrected chi connectivity index (χ2v) is 8.02. The molecule has 8 nitrogen and oxygen atoms in total. The minimum Gasteiger partial charge on any atom is -0.496 e. The highest BCUT2D eigenvalue weighted by atomic mass is 32.2. The Labute approximate surface area is 150 Å². The first-order chi connectivity index (χ1) is 12.5. The Bertz CT molecular complexity index is 946. The van der Waals surface area contributed by atoms with Crippen molar-refractivity contribution < 1.29 is 27.1 Å². The van der Waals surface area contributed by atoms with Gasteiger partial charge in [0.05, 0.1) is 13.3 Å². The number of rotatable bonds is 4. The Kier molecular flexibility index (Phi) is 4.20.